The first-order chi connectivity index (χ1) is 20.4. The van der Waals surface area contributed by atoms with Gasteiger partial charge in [0, 0.05) is 0 Å². The molecule has 0 aliphatic carbocycles. The maximum Gasteiger partial charge on any atom is 0.264 e. The molecular weight excluding hydrogens is 577 g/mol. The second kappa shape index (κ2) is 18.9. The van der Waals surface area contributed by atoms with Crippen molar-refractivity contribution < 1.29 is 27.2 Å². The van der Waals surface area contributed by atoms with E-state index >= 15 is 0 Å². The van der Waals surface area contributed by atoms with Gasteiger partial charge in [-0.25, -0.2) is 0 Å². The van der Waals surface area contributed by atoms with E-state index in [0.29, 0.717) is 0 Å². The molecule has 0 radical (unpaired) electrons. The van der Waals surface area contributed by atoms with Crippen molar-refractivity contribution in [3.63, 3.8) is 0 Å². The molecule has 43 heavy (non-hydrogen) atoms. The maximum absolute atomic E-state index is 12.2. The first-order valence-electron chi connectivity index (χ1n) is 16.1. The Morgan fingerprint density at radius 2 is 1.26 bits per heavy atom. The van der Waals surface area contributed by atoms with Gasteiger partial charge in [-0.05, 0) is 28.3 Å². The lowest BCUT2D eigenvalue weighted by Gasteiger charge is -2.44. The number of benzene rings is 2. The van der Waals surface area contributed by atoms with E-state index in [4.69, 9.17) is 8.61 Å². The third kappa shape index (κ3) is 12.6. The molecule has 0 bridgehead atoms. The summed E-state index contributed by atoms with van der Waals surface area (Å²) in [6.45, 7) is 8.39. The summed E-state index contributed by atoms with van der Waals surface area (Å²) in [5.74, 6) is 0. The van der Waals surface area contributed by atoms with Crippen LogP contribution in [0.4, 0.5) is 0 Å². The number of aliphatic hydroxyl groups is 2. The van der Waals surface area contributed by atoms with Gasteiger partial charge in [0.15, 0.2) is 0 Å². The molecule has 0 amide bonds. The lowest BCUT2D eigenvalue weighted by molar-refractivity contribution is -0.0441. The molecule has 2 aromatic carbocycles. The summed E-state index contributed by atoms with van der Waals surface area (Å²) in [5, 5.41) is 23.6. The largest absolute Gasteiger partial charge is 0.405 e. The molecule has 0 saturated carbocycles. The Labute approximate surface area is 262 Å². The van der Waals surface area contributed by atoms with Gasteiger partial charge in [0.2, 0.25) is 0 Å². The zero-order chi connectivity index (χ0) is 31.8. The highest BCUT2D eigenvalue weighted by Gasteiger charge is 2.51. The average Bonchev–Trinajstić information content (AvgIpc) is 2.96. The minimum atomic E-state index is -3.94. The topological polar surface area (TPSA) is 93.1 Å². The van der Waals surface area contributed by atoms with Gasteiger partial charge in [-0.1, -0.05) is 158 Å². The van der Waals surface area contributed by atoms with E-state index in [1.54, 1.807) is 6.08 Å². The summed E-state index contributed by atoms with van der Waals surface area (Å²) in [6, 6.07) is 19.9. The van der Waals surface area contributed by atoms with E-state index in [9.17, 15) is 18.6 Å². The zero-order valence-corrected chi connectivity index (χ0v) is 28.9. The van der Waals surface area contributed by atoms with Gasteiger partial charge >= 0.3 is 0 Å². The third-order valence-electron chi connectivity index (χ3n) is 7.97. The SMILES string of the molecule is CCCCCCCCCCCCC=CC(O)C(O)C(CO[Si](c1ccccc1)(c1ccccc1)C(C)(C)C)OS(C)(=O)=O. The number of hydrogen-bond donors (Lipinski definition) is 2. The molecule has 3 unspecified atom stereocenters. The molecular formula is C35H56O6SSi. The first-order valence-corrected chi connectivity index (χ1v) is 19.8. The fraction of sp³-hybridized carbons (Fsp3) is 0.600. The van der Waals surface area contributed by atoms with E-state index in [1.165, 1.54) is 51.4 Å². The van der Waals surface area contributed by atoms with E-state index in [0.717, 1.165) is 35.9 Å². The van der Waals surface area contributed by atoms with Crippen LogP contribution < -0.4 is 10.4 Å². The van der Waals surface area contributed by atoms with Gasteiger partial charge in [0.05, 0.1) is 12.9 Å². The van der Waals surface area contributed by atoms with Crippen LogP contribution in [-0.2, 0) is 18.7 Å². The molecule has 0 saturated heterocycles. The predicted molar refractivity (Wildman–Crippen MR) is 181 cm³/mol. The minimum Gasteiger partial charge on any atom is -0.405 e. The monoisotopic (exact) mass is 632 g/mol. The van der Waals surface area contributed by atoms with Crippen LogP contribution in [0.15, 0.2) is 72.8 Å². The second-order valence-corrected chi connectivity index (χ2v) is 18.6. The van der Waals surface area contributed by atoms with E-state index in [1.807, 2.05) is 66.7 Å². The third-order valence-corrected chi connectivity index (χ3v) is 13.6. The summed E-state index contributed by atoms with van der Waals surface area (Å²) in [4.78, 5) is 0. The predicted octanol–water partition coefficient (Wildman–Crippen LogP) is 6.50. The molecule has 0 aliphatic heterocycles. The van der Waals surface area contributed by atoms with Crippen molar-refractivity contribution in [1.29, 1.82) is 0 Å². The highest BCUT2D eigenvalue weighted by Crippen LogP contribution is 2.37. The summed E-state index contributed by atoms with van der Waals surface area (Å²) in [5.41, 5.74) is 0. The summed E-state index contributed by atoms with van der Waals surface area (Å²) in [7, 11) is -6.95. The smallest absolute Gasteiger partial charge is 0.264 e. The molecule has 3 atom stereocenters. The van der Waals surface area contributed by atoms with Crippen molar-refractivity contribution in [3.8, 4) is 0 Å². The van der Waals surface area contributed by atoms with Crippen LogP contribution in [-0.4, -0.2) is 58.1 Å². The fourth-order valence-electron chi connectivity index (χ4n) is 5.70. The van der Waals surface area contributed by atoms with Crippen molar-refractivity contribution in [1.82, 2.24) is 0 Å². The Balaban J connectivity index is 2.08. The summed E-state index contributed by atoms with van der Waals surface area (Å²) in [6.07, 6.45) is 13.6. The van der Waals surface area contributed by atoms with E-state index in [-0.39, 0.29) is 11.6 Å². The second-order valence-electron chi connectivity index (χ2n) is 12.7. The van der Waals surface area contributed by atoms with Crippen LogP contribution in [0.5, 0.6) is 0 Å². The van der Waals surface area contributed by atoms with Gasteiger partial charge in [0.25, 0.3) is 18.4 Å². The van der Waals surface area contributed by atoms with Crippen LogP contribution in [0.25, 0.3) is 0 Å². The standard InChI is InChI=1S/C35H56O6SSi/c1-6-7-8-9-10-11-12-13-14-15-16-23-28-32(36)34(37)33(41-42(5,38)39)29-40-43(35(2,3)4,30-24-19-17-20-25-30)31-26-21-18-22-27-31/h17-28,32-34,36-37H,6-16,29H2,1-5H3. The first kappa shape index (κ1) is 37.4. The Bertz CT molecular complexity index is 1110. The Morgan fingerprint density at radius 1 is 0.791 bits per heavy atom. The van der Waals surface area contributed by atoms with Crippen molar-refractivity contribution in [3.05, 3.63) is 72.8 Å². The fourth-order valence-corrected chi connectivity index (χ4v) is 10.9. The summed E-state index contributed by atoms with van der Waals surface area (Å²) < 4.78 is 36.6. The lowest BCUT2D eigenvalue weighted by Crippen LogP contribution is -2.67. The van der Waals surface area contributed by atoms with Crippen LogP contribution >= 0.6 is 0 Å². The Morgan fingerprint density at radius 3 is 1.70 bits per heavy atom. The highest BCUT2D eigenvalue weighted by molar-refractivity contribution is 7.86. The maximum atomic E-state index is 12.2. The molecule has 0 spiro atoms. The highest BCUT2D eigenvalue weighted by atomic mass is 32.2. The average molecular weight is 633 g/mol. The van der Waals surface area contributed by atoms with Gasteiger partial charge in [-0.3, -0.25) is 4.18 Å². The van der Waals surface area contributed by atoms with Crippen molar-refractivity contribution in [2.24, 2.45) is 0 Å². The normalized spacial score (nSPS) is 15.0. The summed E-state index contributed by atoms with van der Waals surface area (Å²) >= 11 is 0. The van der Waals surface area contributed by atoms with Crippen LogP contribution in [0.3, 0.4) is 0 Å². The van der Waals surface area contributed by atoms with Gasteiger partial charge in [-0.15, -0.1) is 0 Å². The molecule has 8 heteroatoms. The van der Waals surface area contributed by atoms with Crippen LogP contribution in [0, 0.1) is 0 Å². The molecule has 6 nitrogen and oxygen atoms in total. The van der Waals surface area contributed by atoms with Crippen molar-refractivity contribution in [2.75, 3.05) is 12.9 Å². The number of unbranched alkanes of at least 4 members (excludes halogenated alkanes) is 10. The van der Waals surface area contributed by atoms with Crippen LogP contribution in [0.2, 0.25) is 5.04 Å². The molecule has 242 valence electrons. The van der Waals surface area contributed by atoms with Crippen molar-refractivity contribution in [2.45, 2.75) is 122 Å². The Kier molecular flexibility index (Phi) is 16.4. The molecule has 2 rings (SSSR count). The number of hydrogen-bond acceptors (Lipinski definition) is 6. The lowest BCUT2D eigenvalue weighted by atomic mass is 10.0. The zero-order valence-electron chi connectivity index (χ0n) is 27.1. The number of allylic oxidation sites excluding steroid dienone is 1. The molecule has 0 fully saturated rings. The van der Waals surface area contributed by atoms with E-state index in [2.05, 4.69) is 27.7 Å². The molecule has 0 aromatic heterocycles. The van der Waals surface area contributed by atoms with Gasteiger partial charge in [0.1, 0.15) is 18.3 Å². The van der Waals surface area contributed by atoms with Crippen LogP contribution in [0.1, 0.15) is 98.3 Å². The number of rotatable bonds is 21. The Hall–Kier alpha value is -1.81. The quantitative estimate of drug-likeness (QED) is 0.0707. The molecule has 0 aliphatic rings. The van der Waals surface area contributed by atoms with Gasteiger partial charge < -0.3 is 14.6 Å². The molecule has 2 N–H and O–H groups in total. The van der Waals surface area contributed by atoms with E-state index < -0.39 is 36.7 Å². The number of aliphatic hydroxyl groups excluding tert-OH is 2. The van der Waals surface area contributed by atoms with Crippen molar-refractivity contribution >= 4 is 28.8 Å². The molecule has 0 heterocycles. The minimum absolute atomic E-state index is 0.204. The van der Waals surface area contributed by atoms with Gasteiger partial charge in [-0.2, -0.15) is 8.42 Å². The molecule has 2 aromatic rings.